The minimum absolute atomic E-state index is 0.116. The average Bonchev–Trinajstić information content (AvgIpc) is 2.84. The molecule has 0 bridgehead atoms. The standard InChI is InChI=1S/C25H39N3O3/c29-23(26-20-25(11-5-2-6-12-25)28-15-17-31-18-16-28)19-27-13-9-22(10-14-27)24(30)21-7-3-1-4-8-21/h1,3-4,7-8,22,24,30H,2,5-6,9-20H2,(H,26,29). The molecule has 1 aromatic rings. The van der Waals surface area contributed by atoms with Crippen LogP contribution in [0.4, 0.5) is 0 Å². The number of carbonyl (C=O) groups excluding carboxylic acids is 1. The van der Waals surface area contributed by atoms with Gasteiger partial charge in [0.2, 0.25) is 5.91 Å². The maximum Gasteiger partial charge on any atom is 0.234 e. The lowest BCUT2D eigenvalue weighted by molar-refractivity contribution is -0.124. The highest BCUT2D eigenvalue weighted by atomic mass is 16.5. The molecule has 1 saturated carbocycles. The van der Waals surface area contributed by atoms with E-state index in [0.29, 0.717) is 6.54 Å². The fourth-order valence-corrected chi connectivity index (χ4v) is 5.72. The first kappa shape index (κ1) is 22.7. The third kappa shape index (κ3) is 5.86. The summed E-state index contributed by atoms with van der Waals surface area (Å²) in [6.07, 6.45) is 7.63. The van der Waals surface area contributed by atoms with E-state index in [1.807, 2.05) is 30.3 Å². The second kappa shape index (κ2) is 10.9. The highest BCUT2D eigenvalue weighted by Gasteiger charge is 2.39. The van der Waals surface area contributed by atoms with Crippen LogP contribution in [0.25, 0.3) is 0 Å². The fourth-order valence-electron chi connectivity index (χ4n) is 5.72. The fraction of sp³-hybridized carbons (Fsp3) is 0.720. The molecule has 6 nitrogen and oxygen atoms in total. The smallest absolute Gasteiger partial charge is 0.234 e. The van der Waals surface area contributed by atoms with Crippen molar-refractivity contribution in [2.75, 3.05) is 52.5 Å². The molecule has 3 aliphatic rings. The number of benzene rings is 1. The molecule has 172 valence electrons. The van der Waals surface area contributed by atoms with Gasteiger partial charge >= 0.3 is 0 Å². The van der Waals surface area contributed by atoms with Crippen LogP contribution in [0.3, 0.4) is 0 Å². The third-order valence-corrected chi connectivity index (χ3v) is 7.67. The van der Waals surface area contributed by atoms with Crippen LogP contribution in [-0.2, 0) is 9.53 Å². The molecule has 3 fully saturated rings. The highest BCUT2D eigenvalue weighted by molar-refractivity contribution is 5.78. The SMILES string of the molecule is O=C(CN1CCC(C(O)c2ccccc2)CC1)NCC1(N2CCOCC2)CCCCC1. The lowest BCUT2D eigenvalue weighted by atomic mass is 9.79. The molecule has 1 atom stereocenters. The molecule has 2 heterocycles. The van der Waals surface area contributed by atoms with Crippen molar-refractivity contribution in [1.29, 1.82) is 0 Å². The van der Waals surface area contributed by atoms with Crippen LogP contribution in [0.5, 0.6) is 0 Å². The van der Waals surface area contributed by atoms with Crippen LogP contribution in [0.2, 0.25) is 0 Å². The Morgan fingerprint density at radius 2 is 1.74 bits per heavy atom. The van der Waals surface area contributed by atoms with Crippen molar-refractivity contribution < 1.29 is 14.6 Å². The van der Waals surface area contributed by atoms with Gasteiger partial charge in [0.15, 0.2) is 0 Å². The molecule has 1 amide bonds. The minimum Gasteiger partial charge on any atom is -0.388 e. The largest absolute Gasteiger partial charge is 0.388 e. The van der Waals surface area contributed by atoms with Crippen LogP contribution in [0.1, 0.15) is 56.6 Å². The van der Waals surface area contributed by atoms with Crippen LogP contribution in [0.15, 0.2) is 30.3 Å². The number of hydrogen-bond acceptors (Lipinski definition) is 5. The highest BCUT2D eigenvalue weighted by Crippen LogP contribution is 2.34. The number of nitrogens with zero attached hydrogens (tertiary/aromatic N) is 2. The van der Waals surface area contributed by atoms with Gasteiger partial charge in [0.1, 0.15) is 0 Å². The monoisotopic (exact) mass is 429 g/mol. The van der Waals surface area contributed by atoms with E-state index in [4.69, 9.17) is 4.74 Å². The van der Waals surface area contributed by atoms with E-state index >= 15 is 0 Å². The van der Waals surface area contributed by atoms with Crippen LogP contribution in [0, 0.1) is 5.92 Å². The van der Waals surface area contributed by atoms with E-state index in [1.165, 1.54) is 32.1 Å². The first-order chi connectivity index (χ1) is 15.2. The molecule has 0 spiro atoms. The van der Waals surface area contributed by atoms with Crippen LogP contribution >= 0.6 is 0 Å². The number of piperidine rings is 1. The number of amides is 1. The van der Waals surface area contributed by atoms with Gasteiger partial charge in [-0.15, -0.1) is 0 Å². The summed E-state index contributed by atoms with van der Waals surface area (Å²) in [5.41, 5.74) is 1.12. The summed E-state index contributed by atoms with van der Waals surface area (Å²) >= 11 is 0. The second-order valence-electron chi connectivity index (χ2n) is 9.63. The maximum absolute atomic E-state index is 12.8. The lowest BCUT2D eigenvalue weighted by Crippen LogP contribution is -2.60. The molecule has 6 heteroatoms. The predicted molar refractivity (Wildman–Crippen MR) is 122 cm³/mol. The Hall–Kier alpha value is -1.47. The van der Waals surface area contributed by atoms with Crippen molar-refractivity contribution in [2.24, 2.45) is 5.92 Å². The second-order valence-corrected chi connectivity index (χ2v) is 9.63. The molecule has 1 aliphatic carbocycles. The van der Waals surface area contributed by atoms with Gasteiger partial charge in [-0.2, -0.15) is 0 Å². The molecule has 0 aromatic heterocycles. The van der Waals surface area contributed by atoms with Crippen molar-refractivity contribution in [3.63, 3.8) is 0 Å². The summed E-state index contributed by atoms with van der Waals surface area (Å²) in [6, 6.07) is 9.94. The molecule has 2 aliphatic heterocycles. The molecule has 2 saturated heterocycles. The third-order valence-electron chi connectivity index (χ3n) is 7.67. The minimum atomic E-state index is -0.406. The van der Waals surface area contributed by atoms with Crippen molar-refractivity contribution in [3.8, 4) is 0 Å². The Bertz CT molecular complexity index is 679. The molecule has 31 heavy (non-hydrogen) atoms. The van der Waals surface area contributed by atoms with Gasteiger partial charge < -0.3 is 15.2 Å². The molecule has 2 N–H and O–H groups in total. The lowest BCUT2D eigenvalue weighted by Gasteiger charge is -2.48. The van der Waals surface area contributed by atoms with Gasteiger partial charge in [-0.25, -0.2) is 0 Å². The molecule has 1 aromatic carbocycles. The van der Waals surface area contributed by atoms with Gasteiger partial charge in [0, 0.05) is 25.2 Å². The summed E-state index contributed by atoms with van der Waals surface area (Å²) in [5, 5.41) is 14.0. The van der Waals surface area contributed by atoms with E-state index in [2.05, 4.69) is 15.1 Å². The topological polar surface area (TPSA) is 65.0 Å². The summed E-state index contributed by atoms with van der Waals surface area (Å²) in [7, 11) is 0. The summed E-state index contributed by atoms with van der Waals surface area (Å²) < 4.78 is 5.56. The first-order valence-electron chi connectivity index (χ1n) is 12.2. The zero-order chi connectivity index (χ0) is 21.5. The summed E-state index contributed by atoms with van der Waals surface area (Å²) in [6.45, 7) is 6.54. The Morgan fingerprint density at radius 1 is 1.06 bits per heavy atom. The van der Waals surface area contributed by atoms with Crippen LogP contribution < -0.4 is 5.32 Å². The first-order valence-corrected chi connectivity index (χ1v) is 12.2. The van der Waals surface area contributed by atoms with Gasteiger partial charge in [-0.1, -0.05) is 49.6 Å². The van der Waals surface area contributed by atoms with Crippen molar-refractivity contribution >= 4 is 5.91 Å². The Balaban J connectivity index is 1.23. The molecule has 1 unspecified atom stereocenters. The van der Waals surface area contributed by atoms with Crippen molar-refractivity contribution in [2.45, 2.75) is 56.6 Å². The number of rotatable bonds is 7. The maximum atomic E-state index is 12.8. The summed E-state index contributed by atoms with van der Waals surface area (Å²) in [4.78, 5) is 17.6. The number of morpholine rings is 1. The van der Waals surface area contributed by atoms with E-state index in [-0.39, 0.29) is 17.4 Å². The Morgan fingerprint density at radius 3 is 2.42 bits per heavy atom. The van der Waals surface area contributed by atoms with Crippen molar-refractivity contribution in [1.82, 2.24) is 15.1 Å². The van der Waals surface area contributed by atoms with Gasteiger partial charge in [-0.3, -0.25) is 14.6 Å². The van der Waals surface area contributed by atoms with E-state index in [0.717, 1.165) is 64.3 Å². The molecular weight excluding hydrogens is 390 g/mol. The quantitative estimate of drug-likeness (QED) is 0.698. The average molecular weight is 430 g/mol. The zero-order valence-electron chi connectivity index (χ0n) is 18.8. The zero-order valence-corrected chi connectivity index (χ0v) is 18.8. The number of aliphatic hydroxyl groups excluding tert-OH is 1. The van der Waals surface area contributed by atoms with E-state index in [9.17, 15) is 9.90 Å². The van der Waals surface area contributed by atoms with Gasteiger partial charge in [0.25, 0.3) is 0 Å². The van der Waals surface area contributed by atoms with E-state index in [1.54, 1.807) is 0 Å². The number of aliphatic hydroxyl groups is 1. The number of likely N-dealkylation sites (tertiary alicyclic amines) is 1. The molecule has 0 radical (unpaired) electrons. The van der Waals surface area contributed by atoms with Crippen LogP contribution in [-0.4, -0.2) is 78.8 Å². The van der Waals surface area contributed by atoms with Gasteiger partial charge in [-0.05, 0) is 50.3 Å². The number of ether oxygens (including phenoxy) is 1. The molecular formula is C25H39N3O3. The van der Waals surface area contributed by atoms with E-state index < -0.39 is 6.10 Å². The number of carbonyl (C=O) groups is 1. The Kier molecular flexibility index (Phi) is 7.99. The number of hydrogen-bond donors (Lipinski definition) is 2. The normalized spacial score (nSPS) is 24.5. The Labute approximate surface area is 186 Å². The van der Waals surface area contributed by atoms with Gasteiger partial charge in [0.05, 0.1) is 25.9 Å². The van der Waals surface area contributed by atoms with Crippen molar-refractivity contribution in [3.05, 3.63) is 35.9 Å². The summed E-state index contributed by atoms with van der Waals surface area (Å²) in [5.74, 6) is 0.411. The molecule has 4 rings (SSSR count). The predicted octanol–water partition coefficient (Wildman–Crippen LogP) is 2.58. The number of nitrogens with one attached hydrogen (secondary N) is 1.